The smallest absolute Gasteiger partial charge is 0.415 e. The van der Waals surface area contributed by atoms with Crippen molar-refractivity contribution in [2.45, 2.75) is 38.6 Å². The molecule has 1 saturated heterocycles. The summed E-state index contributed by atoms with van der Waals surface area (Å²) in [6.45, 7) is 3.91. The average molecular weight is 612 g/mol. The van der Waals surface area contributed by atoms with Gasteiger partial charge in [0.1, 0.15) is 17.3 Å². The van der Waals surface area contributed by atoms with Gasteiger partial charge in [-0.25, -0.2) is 9.18 Å². The molecular weight excluding hydrogens is 577 g/mol. The van der Waals surface area contributed by atoms with Crippen LogP contribution in [0.5, 0.6) is 23.0 Å². The van der Waals surface area contributed by atoms with Crippen molar-refractivity contribution in [1.29, 1.82) is 0 Å². The maximum atomic E-state index is 13.2. The van der Waals surface area contributed by atoms with Gasteiger partial charge in [0, 0.05) is 56.2 Å². The topological polar surface area (TPSA) is 107 Å². The Bertz CT molecular complexity index is 1740. The normalized spacial score (nSPS) is 17.0. The third-order valence-electron chi connectivity index (χ3n) is 8.53. The fourth-order valence-corrected chi connectivity index (χ4v) is 5.67. The van der Waals surface area contributed by atoms with Crippen molar-refractivity contribution >= 4 is 28.6 Å². The maximum Gasteiger partial charge on any atom is 0.415 e. The fraction of sp³-hybridized carbons (Fsp3) is 0.314. The molecule has 2 aliphatic rings. The number of Topliss-reactive ketones (excluding diaryl/α,β-unsaturated/α-hetero) is 2. The molecule has 1 aliphatic carbocycles. The van der Waals surface area contributed by atoms with Gasteiger partial charge in [0.15, 0.2) is 23.1 Å². The Labute approximate surface area is 260 Å². The number of carbonyl (C=O) groups is 3. The summed E-state index contributed by atoms with van der Waals surface area (Å²) in [5.41, 5.74) is 1.09. The van der Waals surface area contributed by atoms with E-state index in [2.05, 4.69) is 10.3 Å². The first-order valence-corrected chi connectivity index (χ1v) is 15.0. The molecule has 1 amide bonds. The van der Waals surface area contributed by atoms with E-state index in [4.69, 9.17) is 14.2 Å². The van der Waals surface area contributed by atoms with Gasteiger partial charge in [-0.15, -0.1) is 0 Å². The van der Waals surface area contributed by atoms with Gasteiger partial charge in [-0.1, -0.05) is 24.3 Å². The predicted molar refractivity (Wildman–Crippen MR) is 165 cm³/mol. The van der Waals surface area contributed by atoms with Gasteiger partial charge in [0.05, 0.1) is 18.0 Å². The van der Waals surface area contributed by atoms with Crippen LogP contribution in [-0.2, 0) is 22.4 Å². The number of ether oxygens (including phenoxy) is 3. The number of amides is 1. The molecule has 0 unspecified atom stereocenters. The van der Waals surface area contributed by atoms with E-state index in [9.17, 15) is 18.8 Å². The number of hydrogen-bond donors (Lipinski definition) is 1. The Morgan fingerprint density at radius 1 is 0.933 bits per heavy atom. The predicted octanol–water partition coefficient (Wildman–Crippen LogP) is 5.67. The number of benzene rings is 3. The molecule has 1 atom stereocenters. The molecular formula is C35H34FN3O6. The third kappa shape index (κ3) is 6.51. The van der Waals surface area contributed by atoms with Gasteiger partial charge in [0.2, 0.25) is 0 Å². The number of rotatable bonds is 10. The number of fused-ring (bicyclic) bond motifs is 1. The number of pyridine rings is 1. The molecule has 1 aromatic heterocycles. The lowest BCUT2D eigenvalue weighted by molar-refractivity contribution is -0.133. The van der Waals surface area contributed by atoms with Gasteiger partial charge in [0.25, 0.3) is 0 Å². The molecule has 45 heavy (non-hydrogen) atoms. The van der Waals surface area contributed by atoms with Crippen molar-refractivity contribution < 1.29 is 33.0 Å². The standard InChI is InChI=1S/C35H34FN3O6/c1-22-21-37-15-16-39(22)34(42)45-31-20-28-27(19-30(31)43-2)29(11-14-38-28)44-26-9-5-24(6-10-26)18-33(41)35(12-13-35)32(40)17-23-3-7-25(36)8-4-23/h3-11,14,19-20,22,37H,12-13,15-18,21H2,1-2H3/t22-/m1/s1. The second-order valence-corrected chi connectivity index (χ2v) is 11.6. The zero-order valence-corrected chi connectivity index (χ0v) is 25.2. The summed E-state index contributed by atoms with van der Waals surface area (Å²) >= 11 is 0. The molecule has 1 aliphatic heterocycles. The van der Waals surface area contributed by atoms with Crippen molar-refractivity contribution in [3.8, 4) is 23.0 Å². The molecule has 1 N–H and O–H groups in total. The largest absolute Gasteiger partial charge is 0.493 e. The molecule has 10 heteroatoms. The minimum Gasteiger partial charge on any atom is -0.493 e. The van der Waals surface area contributed by atoms with Crippen LogP contribution < -0.4 is 19.5 Å². The quantitative estimate of drug-likeness (QED) is 0.229. The first-order chi connectivity index (χ1) is 21.8. The molecule has 6 rings (SSSR count). The summed E-state index contributed by atoms with van der Waals surface area (Å²) in [4.78, 5) is 45.2. The minimum atomic E-state index is -0.949. The molecule has 4 aromatic rings. The van der Waals surface area contributed by atoms with Crippen LogP contribution >= 0.6 is 0 Å². The Morgan fingerprint density at radius 3 is 2.22 bits per heavy atom. The number of halogens is 1. The lowest BCUT2D eigenvalue weighted by Gasteiger charge is -2.33. The van der Waals surface area contributed by atoms with Gasteiger partial charge < -0.3 is 24.4 Å². The second kappa shape index (κ2) is 12.6. The molecule has 2 fully saturated rings. The fourth-order valence-electron chi connectivity index (χ4n) is 5.67. The molecule has 232 valence electrons. The summed E-state index contributed by atoms with van der Waals surface area (Å²) in [6, 6.07) is 18.1. The summed E-state index contributed by atoms with van der Waals surface area (Å²) in [6.07, 6.45) is 2.50. The SMILES string of the molecule is COc1cc2c(Oc3ccc(CC(=O)C4(C(=O)Cc5ccc(F)cc5)CC4)cc3)ccnc2cc1OC(=O)N1CCNC[C@H]1C. The highest BCUT2D eigenvalue weighted by Gasteiger charge is 2.54. The van der Waals surface area contributed by atoms with Gasteiger partial charge in [-0.3, -0.25) is 14.6 Å². The van der Waals surface area contributed by atoms with Gasteiger partial charge >= 0.3 is 6.09 Å². The average Bonchev–Trinajstić information content (AvgIpc) is 3.86. The summed E-state index contributed by atoms with van der Waals surface area (Å²) in [7, 11) is 1.50. The maximum absolute atomic E-state index is 13.2. The number of hydrogen-bond acceptors (Lipinski definition) is 8. The Hall–Kier alpha value is -4.83. The van der Waals surface area contributed by atoms with Crippen molar-refractivity contribution in [3.05, 3.63) is 89.9 Å². The zero-order valence-electron chi connectivity index (χ0n) is 25.2. The van der Waals surface area contributed by atoms with E-state index in [0.717, 1.165) is 5.56 Å². The van der Waals surface area contributed by atoms with Crippen LogP contribution in [0.15, 0.2) is 72.9 Å². The number of carbonyl (C=O) groups excluding carboxylic acids is 3. The summed E-state index contributed by atoms with van der Waals surface area (Å²) in [5.74, 6) is 1.14. The Morgan fingerprint density at radius 2 is 1.60 bits per heavy atom. The molecule has 9 nitrogen and oxygen atoms in total. The van der Waals surface area contributed by atoms with Crippen LogP contribution in [0, 0.1) is 11.2 Å². The van der Waals surface area contributed by atoms with E-state index in [1.165, 1.54) is 19.2 Å². The van der Waals surface area contributed by atoms with Crippen LogP contribution in [0.3, 0.4) is 0 Å². The van der Waals surface area contributed by atoms with Crippen LogP contribution in [0.25, 0.3) is 10.9 Å². The third-order valence-corrected chi connectivity index (χ3v) is 8.53. The first kappa shape index (κ1) is 30.2. The van der Waals surface area contributed by atoms with Crippen LogP contribution in [-0.4, -0.2) is 60.3 Å². The minimum absolute atomic E-state index is 0.00507. The van der Waals surface area contributed by atoms with E-state index in [1.54, 1.807) is 53.6 Å². The molecule has 3 aromatic carbocycles. The first-order valence-electron chi connectivity index (χ1n) is 15.0. The van der Waals surface area contributed by atoms with E-state index in [-0.39, 0.29) is 42.0 Å². The molecule has 2 heterocycles. The zero-order chi connectivity index (χ0) is 31.6. The van der Waals surface area contributed by atoms with Crippen molar-refractivity contribution in [3.63, 3.8) is 0 Å². The Kier molecular flexibility index (Phi) is 8.49. The lowest BCUT2D eigenvalue weighted by Crippen LogP contribution is -2.53. The molecule has 0 spiro atoms. The number of nitrogens with zero attached hydrogens (tertiary/aromatic N) is 2. The highest BCUT2D eigenvalue weighted by molar-refractivity contribution is 6.11. The molecule has 0 bridgehead atoms. The van der Waals surface area contributed by atoms with E-state index < -0.39 is 11.5 Å². The summed E-state index contributed by atoms with van der Waals surface area (Å²) < 4.78 is 30.7. The second-order valence-electron chi connectivity index (χ2n) is 11.6. The van der Waals surface area contributed by atoms with Crippen LogP contribution in [0.4, 0.5) is 9.18 Å². The van der Waals surface area contributed by atoms with Gasteiger partial charge in [-0.2, -0.15) is 0 Å². The summed E-state index contributed by atoms with van der Waals surface area (Å²) in [5, 5.41) is 3.92. The van der Waals surface area contributed by atoms with Crippen LogP contribution in [0.2, 0.25) is 0 Å². The number of aromatic nitrogens is 1. The van der Waals surface area contributed by atoms with E-state index in [0.29, 0.717) is 66.2 Å². The highest BCUT2D eigenvalue weighted by Crippen LogP contribution is 2.49. The van der Waals surface area contributed by atoms with Gasteiger partial charge in [-0.05, 0) is 67.3 Å². The Balaban J connectivity index is 1.13. The number of piperazine rings is 1. The molecule has 0 radical (unpaired) electrons. The highest BCUT2D eigenvalue weighted by atomic mass is 19.1. The van der Waals surface area contributed by atoms with Crippen LogP contribution in [0.1, 0.15) is 30.9 Å². The van der Waals surface area contributed by atoms with Crippen molar-refractivity contribution in [2.24, 2.45) is 5.41 Å². The van der Waals surface area contributed by atoms with Crippen molar-refractivity contribution in [2.75, 3.05) is 26.7 Å². The number of methoxy groups -OCH3 is 1. The number of nitrogens with one attached hydrogen (secondary N) is 1. The number of ketones is 2. The molecule has 1 saturated carbocycles. The van der Waals surface area contributed by atoms with Crippen molar-refractivity contribution in [1.82, 2.24) is 15.2 Å². The monoisotopic (exact) mass is 611 g/mol. The van der Waals surface area contributed by atoms with E-state index in [1.807, 2.05) is 19.1 Å². The van der Waals surface area contributed by atoms with E-state index >= 15 is 0 Å². The lowest BCUT2D eigenvalue weighted by atomic mass is 9.88.